The van der Waals surface area contributed by atoms with Crippen molar-refractivity contribution in [2.24, 2.45) is 0 Å². The fourth-order valence-electron chi connectivity index (χ4n) is 2.51. The summed E-state index contributed by atoms with van der Waals surface area (Å²) in [5.74, 6) is 0.0630. The third-order valence-electron chi connectivity index (χ3n) is 4.66. The molecular weight excluding hydrogens is 370 g/mol. The van der Waals surface area contributed by atoms with Crippen LogP contribution in [0, 0.1) is 0 Å². The van der Waals surface area contributed by atoms with E-state index < -0.39 is 24.3 Å². The molecule has 0 amide bonds. The van der Waals surface area contributed by atoms with Crippen LogP contribution in [-0.2, 0) is 23.6 Å². The molecule has 0 spiro atoms. The molecule has 0 saturated carbocycles. The van der Waals surface area contributed by atoms with Gasteiger partial charge >= 0.3 is 13.1 Å². The molecule has 0 unspecified atom stereocenters. The number of hydrogen-bond acceptors (Lipinski definition) is 6. The molecule has 27 heavy (non-hydrogen) atoms. The summed E-state index contributed by atoms with van der Waals surface area (Å²) in [6.45, 7) is 9.99. The maximum atomic E-state index is 11.7. The van der Waals surface area contributed by atoms with Gasteiger partial charge in [-0.1, -0.05) is 11.6 Å². The lowest BCUT2D eigenvalue weighted by Crippen LogP contribution is -2.41. The third-order valence-corrected chi connectivity index (χ3v) is 4.97. The molecule has 0 radical (unpaired) electrons. The molecule has 1 aliphatic rings. The van der Waals surface area contributed by atoms with Gasteiger partial charge in [-0.15, -0.1) is 0 Å². The van der Waals surface area contributed by atoms with Crippen LogP contribution in [0.15, 0.2) is 18.2 Å². The first-order valence-corrected chi connectivity index (χ1v) is 9.14. The second-order valence-electron chi connectivity index (χ2n) is 7.13. The van der Waals surface area contributed by atoms with Gasteiger partial charge in [-0.25, -0.2) is 4.79 Å². The van der Waals surface area contributed by atoms with Crippen molar-refractivity contribution < 1.29 is 28.3 Å². The maximum Gasteiger partial charge on any atom is 0.495 e. The highest BCUT2D eigenvalue weighted by molar-refractivity contribution is 6.63. The lowest BCUT2D eigenvalue weighted by molar-refractivity contribution is -0.137. The number of ether oxygens (including phenoxy) is 3. The van der Waals surface area contributed by atoms with Gasteiger partial charge in [0.25, 0.3) is 0 Å². The van der Waals surface area contributed by atoms with Crippen LogP contribution in [-0.4, -0.2) is 44.8 Å². The van der Waals surface area contributed by atoms with Crippen LogP contribution in [0.1, 0.15) is 40.2 Å². The second kappa shape index (κ2) is 8.65. The van der Waals surface area contributed by atoms with E-state index in [9.17, 15) is 4.79 Å². The summed E-state index contributed by atoms with van der Waals surface area (Å²) in [4.78, 5) is 11.7. The monoisotopic (exact) mass is 396 g/mol. The Bertz CT molecular complexity index is 700. The molecule has 1 saturated heterocycles. The van der Waals surface area contributed by atoms with Crippen molar-refractivity contribution >= 4 is 36.2 Å². The van der Waals surface area contributed by atoms with Gasteiger partial charge in [0.15, 0.2) is 6.79 Å². The van der Waals surface area contributed by atoms with Crippen LogP contribution in [0.2, 0.25) is 5.02 Å². The number of methoxy groups -OCH3 is 1. The van der Waals surface area contributed by atoms with Crippen molar-refractivity contribution in [2.75, 3.05) is 20.5 Å². The van der Waals surface area contributed by atoms with E-state index in [0.29, 0.717) is 28.4 Å². The van der Waals surface area contributed by atoms with Gasteiger partial charge in [0.2, 0.25) is 0 Å². The first kappa shape index (κ1) is 21.8. The molecule has 1 aliphatic heterocycles. The molecule has 0 N–H and O–H groups in total. The standard InChI is InChI=1S/C19H26BClO6/c1-7-24-17(22)9-8-14-15(10-13(11-16(14)21)25-12-23-6)20-26-18(2,3)19(4,5)27-20/h8-11H,7,12H2,1-6H3/b9-8+. The normalized spacial score (nSPS) is 18.1. The molecule has 0 bridgehead atoms. The topological polar surface area (TPSA) is 63.2 Å². The fraction of sp³-hybridized carbons (Fsp3) is 0.526. The van der Waals surface area contributed by atoms with E-state index in [-0.39, 0.29) is 6.79 Å². The molecule has 148 valence electrons. The van der Waals surface area contributed by atoms with Crippen LogP contribution >= 0.6 is 11.6 Å². The van der Waals surface area contributed by atoms with Crippen molar-refractivity contribution in [3.63, 3.8) is 0 Å². The Hall–Kier alpha value is -1.54. The van der Waals surface area contributed by atoms with E-state index in [1.54, 1.807) is 25.1 Å². The Morgan fingerprint density at radius 1 is 1.22 bits per heavy atom. The van der Waals surface area contributed by atoms with Gasteiger partial charge < -0.3 is 23.5 Å². The maximum absolute atomic E-state index is 11.7. The molecule has 6 nitrogen and oxygen atoms in total. The Morgan fingerprint density at radius 3 is 2.41 bits per heavy atom. The zero-order valence-electron chi connectivity index (χ0n) is 16.6. The average Bonchev–Trinajstić information content (AvgIpc) is 2.79. The van der Waals surface area contributed by atoms with Crippen molar-refractivity contribution in [1.29, 1.82) is 0 Å². The quantitative estimate of drug-likeness (QED) is 0.305. The minimum absolute atomic E-state index is 0.0805. The highest BCUT2D eigenvalue weighted by Gasteiger charge is 2.52. The van der Waals surface area contributed by atoms with E-state index in [4.69, 9.17) is 35.1 Å². The smallest absolute Gasteiger partial charge is 0.468 e. The number of rotatable bonds is 7. The first-order valence-electron chi connectivity index (χ1n) is 8.77. The Balaban J connectivity index is 2.45. The van der Waals surface area contributed by atoms with Crippen LogP contribution in [0.5, 0.6) is 5.75 Å². The SMILES string of the molecule is CCOC(=O)/C=C/c1c(Cl)cc(OCOC)cc1B1OC(C)(C)C(C)(C)O1. The number of halogens is 1. The highest BCUT2D eigenvalue weighted by atomic mass is 35.5. The van der Waals surface area contributed by atoms with E-state index in [0.717, 1.165) is 0 Å². The zero-order valence-corrected chi connectivity index (χ0v) is 17.4. The lowest BCUT2D eigenvalue weighted by atomic mass is 9.75. The van der Waals surface area contributed by atoms with Crippen molar-refractivity contribution in [3.8, 4) is 5.75 Å². The molecule has 1 aromatic carbocycles. The average molecular weight is 397 g/mol. The molecule has 0 aromatic heterocycles. The number of esters is 1. The van der Waals surface area contributed by atoms with Crippen LogP contribution in [0.25, 0.3) is 6.08 Å². The van der Waals surface area contributed by atoms with E-state index in [1.165, 1.54) is 13.2 Å². The van der Waals surface area contributed by atoms with Crippen molar-refractivity contribution in [2.45, 2.75) is 45.8 Å². The fourth-order valence-corrected chi connectivity index (χ4v) is 2.79. The second-order valence-corrected chi connectivity index (χ2v) is 7.54. The van der Waals surface area contributed by atoms with E-state index >= 15 is 0 Å². The lowest BCUT2D eigenvalue weighted by Gasteiger charge is -2.32. The predicted molar refractivity (Wildman–Crippen MR) is 105 cm³/mol. The summed E-state index contributed by atoms with van der Waals surface area (Å²) in [5, 5.41) is 0.397. The van der Waals surface area contributed by atoms with E-state index in [1.807, 2.05) is 27.7 Å². The van der Waals surface area contributed by atoms with E-state index in [2.05, 4.69) is 0 Å². The van der Waals surface area contributed by atoms with Gasteiger partial charge in [0.05, 0.1) is 22.8 Å². The molecule has 1 heterocycles. The van der Waals surface area contributed by atoms with Crippen molar-refractivity contribution in [1.82, 2.24) is 0 Å². The van der Waals surface area contributed by atoms with Gasteiger partial charge in [0.1, 0.15) is 5.75 Å². The summed E-state index contributed by atoms with van der Waals surface area (Å²) < 4.78 is 27.7. The van der Waals surface area contributed by atoms with Gasteiger partial charge in [-0.3, -0.25) is 0 Å². The van der Waals surface area contributed by atoms with Crippen LogP contribution in [0.3, 0.4) is 0 Å². The first-order chi connectivity index (χ1) is 12.6. The largest absolute Gasteiger partial charge is 0.495 e. The zero-order chi connectivity index (χ0) is 20.2. The van der Waals surface area contributed by atoms with Crippen LogP contribution < -0.4 is 10.2 Å². The predicted octanol–water partition coefficient (Wildman–Crippen LogP) is 3.20. The number of carbonyl (C=O) groups is 1. The molecule has 8 heteroatoms. The minimum atomic E-state index is -0.666. The third kappa shape index (κ3) is 5.05. The van der Waals surface area contributed by atoms with Crippen molar-refractivity contribution in [3.05, 3.63) is 28.8 Å². The Kier molecular flexibility index (Phi) is 6.97. The Labute approximate surface area is 165 Å². The summed E-state index contributed by atoms with van der Waals surface area (Å²) in [6.07, 6.45) is 2.93. The van der Waals surface area contributed by atoms with Gasteiger partial charge in [0, 0.05) is 13.2 Å². The molecule has 1 fully saturated rings. The summed E-state index contributed by atoms with van der Waals surface area (Å²) in [5.41, 5.74) is 0.228. The van der Waals surface area contributed by atoms with Crippen LogP contribution in [0.4, 0.5) is 0 Å². The molecule has 0 atom stereocenters. The van der Waals surface area contributed by atoms with Gasteiger partial charge in [-0.05, 0) is 63.9 Å². The minimum Gasteiger partial charge on any atom is -0.468 e. The summed E-state index contributed by atoms with van der Waals surface area (Å²) in [7, 11) is 0.869. The molecular formula is C19H26BClO6. The summed E-state index contributed by atoms with van der Waals surface area (Å²) >= 11 is 6.46. The molecule has 1 aromatic rings. The molecule has 0 aliphatic carbocycles. The van der Waals surface area contributed by atoms with Gasteiger partial charge in [-0.2, -0.15) is 0 Å². The number of hydrogen-bond donors (Lipinski definition) is 0. The molecule has 2 rings (SSSR count). The number of carbonyl (C=O) groups excluding carboxylic acids is 1. The number of benzene rings is 1. The summed E-state index contributed by atoms with van der Waals surface area (Å²) in [6, 6.07) is 3.43. The Morgan fingerprint density at radius 2 is 1.85 bits per heavy atom. The highest BCUT2D eigenvalue weighted by Crippen LogP contribution is 2.37.